The summed E-state index contributed by atoms with van der Waals surface area (Å²) in [4.78, 5) is 14.0. The van der Waals surface area contributed by atoms with E-state index in [1.807, 2.05) is 49.1 Å². The van der Waals surface area contributed by atoms with Crippen molar-refractivity contribution in [2.24, 2.45) is 0 Å². The highest BCUT2D eigenvalue weighted by atomic mass is 16.5. The third-order valence-corrected chi connectivity index (χ3v) is 3.34. The Labute approximate surface area is 108 Å². The molecule has 98 valence electrons. The van der Waals surface area contributed by atoms with Crippen molar-refractivity contribution >= 4 is 5.91 Å². The molecule has 2 rings (SSSR count). The van der Waals surface area contributed by atoms with Crippen molar-refractivity contribution in [2.45, 2.75) is 32.2 Å². The molecule has 1 aromatic carbocycles. The van der Waals surface area contributed by atoms with Crippen LogP contribution in [0, 0.1) is 0 Å². The molecule has 0 saturated carbocycles. The van der Waals surface area contributed by atoms with E-state index in [4.69, 9.17) is 4.74 Å². The molecule has 4 heteroatoms. The van der Waals surface area contributed by atoms with Gasteiger partial charge in [-0.15, -0.1) is 0 Å². The molecular weight excluding hydrogens is 228 g/mol. The van der Waals surface area contributed by atoms with Crippen LogP contribution in [0.2, 0.25) is 0 Å². The van der Waals surface area contributed by atoms with E-state index in [9.17, 15) is 4.79 Å². The predicted molar refractivity (Wildman–Crippen MR) is 70.0 cm³/mol. The summed E-state index contributed by atoms with van der Waals surface area (Å²) in [5.41, 5.74) is 1.11. The largest absolute Gasteiger partial charge is 0.380 e. The van der Waals surface area contributed by atoms with Crippen LogP contribution in [0.4, 0.5) is 0 Å². The number of methoxy groups -OCH3 is 1. The van der Waals surface area contributed by atoms with Crippen LogP contribution < -0.4 is 5.32 Å². The van der Waals surface area contributed by atoms with Crippen LogP contribution >= 0.6 is 0 Å². The van der Waals surface area contributed by atoms with Gasteiger partial charge in [-0.25, -0.2) is 0 Å². The minimum absolute atomic E-state index is 0.0345. The number of nitrogens with zero attached hydrogens (tertiary/aromatic N) is 1. The molecule has 4 nitrogen and oxygen atoms in total. The third-order valence-electron chi connectivity index (χ3n) is 3.34. The topological polar surface area (TPSA) is 41.6 Å². The van der Waals surface area contributed by atoms with Gasteiger partial charge in [0.15, 0.2) is 0 Å². The van der Waals surface area contributed by atoms with Gasteiger partial charge >= 0.3 is 0 Å². The molecule has 1 N–H and O–H groups in total. The van der Waals surface area contributed by atoms with E-state index in [1.54, 1.807) is 7.11 Å². The second-order valence-electron chi connectivity index (χ2n) is 4.74. The zero-order valence-electron chi connectivity index (χ0n) is 11.1. The minimum atomic E-state index is -0.140. The Kier molecular flexibility index (Phi) is 3.99. The molecule has 1 heterocycles. The second kappa shape index (κ2) is 5.50. The normalized spacial score (nSPS) is 25.5. The summed E-state index contributed by atoms with van der Waals surface area (Å²) in [5, 5.41) is 3.32. The number of amides is 1. The molecule has 0 bridgehead atoms. The van der Waals surface area contributed by atoms with Crippen LogP contribution in [0.25, 0.3) is 0 Å². The number of benzene rings is 1. The summed E-state index contributed by atoms with van der Waals surface area (Å²) in [7, 11) is 1.67. The summed E-state index contributed by atoms with van der Waals surface area (Å²) in [6, 6.07) is 9.89. The first-order valence-corrected chi connectivity index (χ1v) is 6.27. The lowest BCUT2D eigenvalue weighted by atomic mass is 10.1. The zero-order chi connectivity index (χ0) is 13.1. The molecule has 0 aromatic heterocycles. The number of nitrogens with one attached hydrogen (secondary N) is 1. The summed E-state index contributed by atoms with van der Waals surface area (Å²) in [5.74, 6) is 0.132. The molecule has 1 aromatic rings. The molecule has 0 radical (unpaired) electrons. The number of carbonyl (C=O) groups is 1. The Hall–Kier alpha value is -1.39. The van der Waals surface area contributed by atoms with Gasteiger partial charge in [0.1, 0.15) is 6.17 Å². The number of ether oxygens (including phenoxy) is 1. The number of carbonyl (C=O) groups excluding carboxylic acids is 1. The first-order chi connectivity index (χ1) is 8.63. The Balaban J connectivity index is 2.20. The summed E-state index contributed by atoms with van der Waals surface area (Å²) in [6.07, 6.45) is -0.0152. The third kappa shape index (κ3) is 2.54. The molecule has 3 unspecified atom stereocenters. The average Bonchev–Trinajstić information content (AvgIpc) is 2.68. The van der Waals surface area contributed by atoms with Gasteiger partial charge in [-0.3, -0.25) is 10.1 Å². The fourth-order valence-electron chi connectivity index (χ4n) is 2.23. The molecule has 1 saturated heterocycles. The van der Waals surface area contributed by atoms with Gasteiger partial charge in [-0.1, -0.05) is 30.3 Å². The van der Waals surface area contributed by atoms with E-state index in [0.29, 0.717) is 6.54 Å². The monoisotopic (exact) mass is 248 g/mol. The number of rotatable bonds is 4. The summed E-state index contributed by atoms with van der Waals surface area (Å²) >= 11 is 0. The van der Waals surface area contributed by atoms with Crippen LogP contribution in [0.1, 0.15) is 25.6 Å². The van der Waals surface area contributed by atoms with Gasteiger partial charge in [0.25, 0.3) is 0 Å². The predicted octanol–water partition coefficient (Wildman–Crippen LogP) is 1.54. The molecule has 0 aliphatic carbocycles. The Morgan fingerprint density at radius 2 is 2.06 bits per heavy atom. The average molecular weight is 248 g/mol. The molecule has 18 heavy (non-hydrogen) atoms. The van der Waals surface area contributed by atoms with E-state index >= 15 is 0 Å². The van der Waals surface area contributed by atoms with Crippen molar-refractivity contribution in [3.8, 4) is 0 Å². The molecule has 3 atom stereocenters. The number of hydrogen-bond acceptors (Lipinski definition) is 3. The van der Waals surface area contributed by atoms with E-state index in [0.717, 1.165) is 5.56 Å². The lowest BCUT2D eigenvalue weighted by Crippen LogP contribution is -2.36. The van der Waals surface area contributed by atoms with Crippen molar-refractivity contribution in [3.05, 3.63) is 35.9 Å². The van der Waals surface area contributed by atoms with Crippen molar-refractivity contribution in [1.82, 2.24) is 10.2 Å². The first kappa shape index (κ1) is 13.1. The first-order valence-electron chi connectivity index (χ1n) is 6.27. The van der Waals surface area contributed by atoms with Gasteiger partial charge in [0, 0.05) is 13.7 Å². The SMILES string of the molecule is COC(C)CN1C(=O)C(C)NC1c1ccccc1. The van der Waals surface area contributed by atoms with Crippen LogP contribution in [0.5, 0.6) is 0 Å². The van der Waals surface area contributed by atoms with Gasteiger partial charge in [-0.05, 0) is 19.4 Å². The zero-order valence-corrected chi connectivity index (χ0v) is 11.1. The van der Waals surface area contributed by atoms with E-state index in [1.165, 1.54) is 0 Å². The summed E-state index contributed by atoms with van der Waals surface area (Å²) in [6.45, 7) is 4.47. The Morgan fingerprint density at radius 1 is 1.39 bits per heavy atom. The highest BCUT2D eigenvalue weighted by molar-refractivity contribution is 5.84. The second-order valence-corrected chi connectivity index (χ2v) is 4.74. The molecule has 1 amide bonds. The molecular formula is C14H20N2O2. The van der Waals surface area contributed by atoms with Gasteiger partial charge in [0.2, 0.25) is 5.91 Å². The quantitative estimate of drug-likeness (QED) is 0.879. The minimum Gasteiger partial charge on any atom is -0.380 e. The van der Waals surface area contributed by atoms with E-state index < -0.39 is 0 Å². The Morgan fingerprint density at radius 3 is 2.67 bits per heavy atom. The number of hydrogen-bond donors (Lipinski definition) is 1. The fourth-order valence-corrected chi connectivity index (χ4v) is 2.23. The van der Waals surface area contributed by atoms with Crippen LogP contribution in [-0.2, 0) is 9.53 Å². The van der Waals surface area contributed by atoms with E-state index in [-0.39, 0.29) is 24.2 Å². The smallest absolute Gasteiger partial charge is 0.241 e. The maximum absolute atomic E-state index is 12.1. The van der Waals surface area contributed by atoms with Gasteiger partial charge in [-0.2, -0.15) is 0 Å². The van der Waals surface area contributed by atoms with Crippen molar-refractivity contribution in [3.63, 3.8) is 0 Å². The highest BCUT2D eigenvalue weighted by Crippen LogP contribution is 2.25. The van der Waals surface area contributed by atoms with Crippen LogP contribution in [0.3, 0.4) is 0 Å². The molecule has 0 spiro atoms. The Bertz CT molecular complexity index is 408. The van der Waals surface area contributed by atoms with E-state index in [2.05, 4.69) is 5.32 Å². The van der Waals surface area contributed by atoms with Gasteiger partial charge in [0.05, 0.1) is 12.1 Å². The molecule has 1 aliphatic heterocycles. The lowest BCUT2D eigenvalue weighted by molar-refractivity contribution is -0.131. The van der Waals surface area contributed by atoms with Crippen molar-refractivity contribution < 1.29 is 9.53 Å². The fraction of sp³-hybridized carbons (Fsp3) is 0.500. The van der Waals surface area contributed by atoms with Gasteiger partial charge < -0.3 is 9.64 Å². The standard InChI is InChI=1S/C14H20N2O2/c1-10(18-3)9-16-13(15-11(2)14(16)17)12-7-5-4-6-8-12/h4-8,10-11,13,15H,9H2,1-3H3. The lowest BCUT2D eigenvalue weighted by Gasteiger charge is -2.26. The molecule has 1 aliphatic rings. The summed E-state index contributed by atoms with van der Waals surface area (Å²) < 4.78 is 5.26. The van der Waals surface area contributed by atoms with Crippen LogP contribution in [0.15, 0.2) is 30.3 Å². The maximum atomic E-state index is 12.1. The van der Waals surface area contributed by atoms with Crippen LogP contribution in [-0.4, -0.2) is 36.6 Å². The molecule has 1 fully saturated rings. The van der Waals surface area contributed by atoms with Crippen molar-refractivity contribution in [2.75, 3.05) is 13.7 Å². The maximum Gasteiger partial charge on any atom is 0.241 e. The van der Waals surface area contributed by atoms with Crippen molar-refractivity contribution in [1.29, 1.82) is 0 Å². The highest BCUT2D eigenvalue weighted by Gasteiger charge is 2.37.